The number of hydrogen-bond acceptors (Lipinski definition) is 4. The van der Waals surface area contributed by atoms with E-state index in [0.29, 0.717) is 16.6 Å². The molecule has 0 fully saturated rings. The maximum absolute atomic E-state index is 14.0. The van der Waals surface area contributed by atoms with Crippen molar-refractivity contribution in [2.24, 2.45) is 0 Å². The number of aromatic amines is 1. The Labute approximate surface area is 176 Å². The van der Waals surface area contributed by atoms with Crippen LogP contribution in [0.25, 0.3) is 11.0 Å². The quantitative estimate of drug-likeness (QED) is 0.546. The Morgan fingerprint density at radius 3 is 2.48 bits per heavy atom. The number of fused-ring (bicyclic) bond motifs is 1. The SMILES string of the molecule is COc1cc(F)ccc1C(C)(C)CC(O)(Cc1cc2nc(C#N)ccc2[nH]1)C(F)(F)F. The molecule has 0 aliphatic heterocycles. The number of benzene rings is 1. The van der Waals surface area contributed by atoms with Crippen LogP contribution in [0.5, 0.6) is 5.75 Å². The minimum Gasteiger partial charge on any atom is -0.496 e. The van der Waals surface area contributed by atoms with Crippen LogP contribution in [0.15, 0.2) is 36.4 Å². The Morgan fingerprint density at radius 2 is 1.87 bits per heavy atom. The minimum absolute atomic E-state index is 0.105. The summed E-state index contributed by atoms with van der Waals surface area (Å²) in [5.41, 5.74) is -2.91. The lowest BCUT2D eigenvalue weighted by Gasteiger charge is -2.38. The molecule has 9 heteroatoms. The van der Waals surface area contributed by atoms with Crippen molar-refractivity contribution >= 4 is 11.0 Å². The third-order valence-electron chi connectivity index (χ3n) is 5.28. The molecule has 1 atom stereocenters. The van der Waals surface area contributed by atoms with Crippen molar-refractivity contribution in [2.45, 2.75) is 43.9 Å². The van der Waals surface area contributed by atoms with Gasteiger partial charge in [-0.2, -0.15) is 18.4 Å². The molecule has 0 aliphatic carbocycles. The second kappa shape index (κ2) is 7.85. The summed E-state index contributed by atoms with van der Waals surface area (Å²) in [5.74, 6) is -0.474. The monoisotopic (exact) mass is 435 g/mol. The summed E-state index contributed by atoms with van der Waals surface area (Å²) in [6.45, 7) is 3.07. The van der Waals surface area contributed by atoms with Gasteiger partial charge in [-0.1, -0.05) is 19.9 Å². The Kier molecular flexibility index (Phi) is 5.72. The van der Waals surface area contributed by atoms with E-state index in [1.54, 1.807) is 6.07 Å². The summed E-state index contributed by atoms with van der Waals surface area (Å²) in [6.07, 6.45) is -6.39. The zero-order chi connectivity index (χ0) is 23.0. The number of alkyl halides is 3. The highest BCUT2D eigenvalue weighted by molar-refractivity contribution is 5.76. The number of hydrogen-bond donors (Lipinski definition) is 2. The smallest absolute Gasteiger partial charge is 0.417 e. The summed E-state index contributed by atoms with van der Waals surface area (Å²) in [5, 5.41) is 19.8. The fraction of sp³-hybridized carbons (Fsp3) is 0.364. The molecule has 0 saturated carbocycles. The highest BCUT2D eigenvalue weighted by Gasteiger charge is 2.56. The van der Waals surface area contributed by atoms with Crippen molar-refractivity contribution < 1.29 is 27.4 Å². The second-order valence-corrected chi connectivity index (χ2v) is 8.15. The molecule has 2 aromatic heterocycles. The molecule has 0 spiro atoms. The lowest BCUT2D eigenvalue weighted by molar-refractivity contribution is -0.266. The van der Waals surface area contributed by atoms with Crippen molar-refractivity contribution in [1.29, 1.82) is 5.26 Å². The minimum atomic E-state index is -4.94. The number of pyridine rings is 1. The number of ether oxygens (including phenoxy) is 1. The lowest BCUT2D eigenvalue weighted by atomic mass is 9.73. The molecular weight excluding hydrogens is 414 g/mol. The Morgan fingerprint density at radius 1 is 1.16 bits per heavy atom. The van der Waals surface area contributed by atoms with E-state index in [-0.39, 0.29) is 17.1 Å². The van der Waals surface area contributed by atoms with Gasteiger partial charge in [-0.05, 0) is 36.1 Å². The topological polar surface area (TPSA) is 81.9 Å². The second-order valence-electron chi connectivity index (χ2n) is 8.15. The molecule has 0 aliphatic rings. The number of rotatable bonds is 6. The van der Waals surface area contributed by atoms with Gasteiger partial charge in [-0.3, -0.25) is 0 Å². The third-order valence-corrected chi connectivity index (χ3v) is 5.28. The van der Waals surface area contributed by atoms with Crippen molar-refractivity contribution in [3.8, 4) is 11.8 Å². The number of nitrogens with zero attached hydrogens (tertiary/aromatic N) is 2. The van der Waals surface area contributed by atoms with Crippen LogP contribution in [0.3, 0.4) is 0 Å². The fourth-order valence-corrected chi connectivity index (χ4v) is 3.85. The summed E-state index contributed by atoms with van der Waals surface area (Å²) in [4.78, 5) is 6.88. The summed E-state index contributed by atoms with van der Waals surface area (Å²) in [6, 6.07) is 9.85. The molecule has 3 rings (SSSR count). The van der Waals surface area contributed by atoms with Gasteiger partial charge >= 0.3 is 6.18 Å². The third kappa shape index (κ3) is 4.49. The number of aromatic nitrogens is 2. The van der Waals surface area contributed by atoms with E-state index in [9.17, 15) is 22.7 Å². The first-order chi connectivity index (χ1) is 14.4. The van der Waals surface area contributed by atoms with Gasteiger partial charge in [0.25, 0.3) is 0 Å². The van der Waals surface area contributed by atoms with Gasteiger partial charge in [-0.15, -0.1) is 0 Å². The number of nitriles is 1. The van der Waals surface area contributed by atoms with E-state index in [1.165, 1.54) is 39.2 Å². The lowest BCUT2D eigenvalue weighted by Crippen LogP contribution is -2.51. The molecule has 1 aromatic carbocycles. The summed E-state index contributed by atoms with van der Waals surface area (Å²) >= 11 is 0. The van der Waals surface area contributed by atoms with Crippen LogP contribution in [0.1, 0.15) is 37.2 Å². The van der Waals surface area contributed by atoms with Crippen LogP contribution < -0.4 is 4.74 Å². The van der Waals surface area contributed by atoms with Crippen LogP contribution in [0.4, 0.5) is 17.6 Å². The molecule has 5 nitrogen and oxygen atoms in total. The molecule has 164 valence electrons. The van der Waals surface area contributed by atoms with Gasteiger partial charge in [0, 0.05) is 23.7 Å². The average Bonchev–Trinajstić information content (AvgIpc) is 3.07. The first-order valence-electron chi connectivity index (χ1n) is 9.40. The zero-order valence-corrected chi connectivity index (χ0v) is 17.1. The van der Waals surface area contributed by atoms with Crippen molar-refractivity contribution in [3.05, 3.63) is 59.2 Å². The maximum atomic E-state index is 14.0. The normalized spacial score (nSPS) is 14.3. The van der Waals surface area contributed by atoms with Crippen molar-refractivity contribution in [2.75, 3.05) is 7.11 Å². The van der Waals surface area contributed by atoms with Gasteiger partial charge < -0.3 is 14.8 Å². The van der Waals surface area contributed by atoms with E-state index in [2.05, 4.69) is 9.97 Å². The molecule has 2 heterocycles. The van der Waals surface area contributed by atoms with E-state index < -0.39 is 35.9 Å². The first-order valence-corrected chi connectivity index (χ1v) is 9.40. The highest BCUT2D eigenvalue weighted by Crippen LogP contribution is 2.45. The number of H-pyrrole nitrogens is 1. The number of halogens is 4. The Balaban J connectivity index is 1.99. The van der Waals surface area contributed by atoms with Crippen LogP contribution in [-0.4, -0.2) is 34.0 Å². The molecule has 31 heavy (non-hydrogen) atoms. The van der Waals surface area contributed by atoms with Crippen molar-refractivity contribution in [3.63, 3.8) is 0 Å². The average molecular weight is 435 g/mol. The zero-order valence-electron chi connectivity index (χ0n) is 17.1. The first kappa shape index (κ1) is 22.6. The van der Waals surface area contributed by atoms with Crippen LogP contribution in [-0.2, 0) is 11.8 Å². The van der Waals surface area contributed by atoms with E-state index in [4.69, 9.17) is 10.00 Å². The van der Waals surface area contributed by atoms with Gasteiger partial charge in [-0.25, -0.2) is 9.37 Å². The van der Waals surface area contributed by atoms with Gasteiger partial charge in [0.1, 0.15) is 23.3 Å². The summed E-state index contributed by atoms with van der Waals surface area (Å²) < 4.78 is 60.8. The molecular formula is C22H21F4N3O2. The van der Waals surface area contributed by atoms with E-state index >= 15 is 0 Å². The fourth-order valence-electron chi connectivity index (χ4n) is 3.85. The van der Waals surface area contributed by atoms with Gasteiger partial charge in [0.2, 0.25) is 0 Å². The van der Waals surface area contributed by atoms with Crippen LogP contribution in [0.2, 0.25) is 0 Å². The largest absolute Gasteiger partial charge is 0.496 e. The molecule has 0 amide bonds. The Hall–Kier alpha value is -3.12. The number of methoxy groups -OCH3 is 1. The van der Waals surface area contributed by atoms with Crippen molar-refractivity contribution in [1.82, 2.24) is 9.97 Å². The highest BCUT2D eigenvalue weighted by atomic mass is 19.4. The van der Waals surface area contributed by atoms with Crippen LogP contribution >= 0.6 is 0 Å². The number of nitrogens with one attached hydrogen (secondary N) is 1. The van der Waals surface area contributed by atoms with Gasteiger partial charge in [0.15, 0.2) is 5.60 Å². The summed E-state index contributed by atoms with van der Waals surface area (Å²) in [7, 11) is 1.30. The molecule has 1 unspecified atom stereocenters. The predicted molar refractivity (Wildman–Crippen MR) is 106 cm³/mol. The predicted octanol–water partition coefficient (Wildman–Crippen LogP) is 4.79. The maximum Gasteiger partial charge on any atom is 0.417 e. The van der Waals surface area contributed by atoms with Gasteiger partial charge in [0.05, 0.1) is 18.1 Å². The molecule has 2 N–H and O–H groups in total. The molecule has 0 saturated heterocycles. The molecule has 0 radical (unpaired) electrons. The Bertz CT molecular complexity index is 1150. The standard InChI is InChI=1S/C22H21F4N3O2/c1-20(2,16-6-4-13(23)8-19(16)31-3)12-21(30,22(24,25)26)10-15-9-18-17(29-15)7-5-14(11-27)28-18/h4-9,29-30H,10,12H2,1-3H3. The van der Waals surface area contributed by atoms with E-state index in [0.717, 1.165) is 12.1 Å². The number of aliphatic hydroxyl groups is 1. The van der Waals surface area contributed by atoms with Crippen LogP contribution in [0, 0.1) is 17.1 Å². The molecule has 3 aromatic rings. The van der Waals surface area contributed by atoms with E-state index in [1.807, 2.05) is 6.07 Å². The molecule has 0 bridgehead atoms.